The van der Waals surface area contributed by atoms with Crippen LogP contribution >= 0.6 is 0 Å². The molecule has 8 heteroatoms. The number of imidazole rings is 1. The van der Waals surface area contributed by atoms with Gasteiger partial charge >= 0.3 is 331 Å². The average molecular weight is 1150 g/mol. The van der Waals surface area contributed by atoms with Crippen LogP contribution in [-0.4, -0.2) is 24.1 Å². The van der Waals surface area contributed by atoms with Gasteiger partial charge in [0.05, 0.1) is 0 Å². The first-order chi connectivity index (χ1) is 36.4. The van der Waals surface area contributed by atoms with Crippen molar-refractivity contribution >= 4 is 28.2 Å². The molecule has 7 nitrogen and oxygen atoms in total. The van der Waals surface area contributed by atoms with Gasteiger partial charge in [-0.3, -0.25) is 9.97 Å². The molecule has 1 aliphatic carbocycles. The van der Waals surface area contributed by atoms with Gasteiger partial charge < -0.3 is 0 Å². The minimum atomic E-state index is -0.703. The summed E-state index contributed by atoms with van der Waals surface area (Å²) in [5.41, 5.74) is 19.4. The number of benzene rings is 7. The van der Waals surface area contributed by atoms with Gasteiger partial charge in [0.1, 0.15) is 0 Å². The predicted octanol–water partition coefficient (Wildman–Crippen LogP) is 16.6. The van der Waals surface area contributed by atoms with Gasteiger partial charge in [-0.05, 0) is 40.3 Å². The van der Waals surface area contributed by atoms with Gasteiger partial charge in [-0.1, -0.05) is 39.0 Å². The number of fused-ring (bicyclic) bond motifs is 10. The van der Waals surface area contributed by atoms with Crippen LogP contribution in [0.4, 0.5) is 17.2 Å². The quantitative estimate of drug-likeness (QED) is 0.159. The third kappa shape index (κ3) is 7.50. The number of pyridine rings is 3. The Morgan fingerprint density at radius 1 is 0.453 bits per heavy atom. The molecule has 368 valence electrons. The van der Waals surface area contributed by atoms with Gasteiger partial charge in [0.2, 0.25) is 0 Å². The van der Waals surface area contributed by atoms with Crippen molar-refractivity contribution in [2.24, 2.45) is 0 Å². The molecule has 5 heterocycles. The number of hydrogen-bond acceptors (Lipinski definition) is 5. The SMILES string of the molecule is CC(C)(C)c1ccnc(N2c3ccccc3C3(c4cnccc4-c4ccncc43)c3ccc(Oc4cccc(-n5[c](=[Pt])n(-c6c(-c7ccccc7)cc(C(C)(C)C)cc6-c6ccccc6)c6ccccc65)c4)cc32)c1. The summed E-state index contributed by atoms with van der Waals surface area (Å²) in [4.78, 5) is 17.0. The summed E-state index contributed by atoms with van der Waals surface area (Å²) in [6, 6.07) is 67.5. The van der Waals surface area contributed by atoms with Crippen molar-refractivity contribution in [2.45, 2.75) is 57.8 Å². The molecule has 0 N–H and O–H groups in total. The van der Waals surface area contributed by atoms with Crippen LogP contribution in [0.3, 0.4) is 0 Å². The van der Waals surface area contributed by atoms with Crippen LogP contribution in [0.5, 0.6) is 11.5 Å². The number of nitrogens with zero attached hydrogens (tertiary/aromatic N) is 6. The fraction of sp³-hybridized carbons (Fsp3) is 0.134. The number of ether oxygens (including phenoxy) is 1. The topological polar surface area (TPSA) is 61.0 Å². The first-order valence-corrected chi connectivity index (χ1v) is 26.7. The summed E-state index contributed by atoms with van der Waals surface area (Å²) in [6.45, 7) is 13.6. The Hall–Kier alpha value is -8.25. The van der Waals surface area contributed by atoms with E-state index in [-0.39, 0.29) is 10.8 Å². The van der Waals surface area contributed by atoms with Crippen molar-refractivity contribution in [1.82, 2.24) is 24.1 Å². The summed E-state index contributed by atoms with van der Waals surface area (Å²) in [5, 5.41) is 0. The van der Waals surface area contributed by atoms with E-state index in [0.717, 1.165) is 87.9 Å². The first-order valence-electron chi connectivity index (χ1n) is 25.6. The van der Waals surface area contributed by atoms with Crippen LogP contribution in [0.25, 0.3) is 55.8 Å². The van der Waals surface area contributed by atoms with Crippen LogP contribution in [0, 0.1) is 3.80 Å². The molecule has 1 spiro atoms. The third-order valence-electron chi connectivity index (χ3n) is 15.1. The molecule has 0 unspecified atom stereocenters. The summed E-state index contributed by atoms with van der Waals surface area (Å²) >= 11 is 2.53. The van der Waals surface area contributed by atoms with Crippen molar-refractivity contribution in [3.63, 3.8) is 0 Å². The van der Waals surface area contributed by atoms with Crippen molar-refractivity contribution in [3.05, 3.63) is 256 Å². The molecule has 0 amide bonds. The van der Waals surface area contributed by atoms with Crippen molar-refractivity contribution in [3.8, 4) is 56.3 Å². The van der Waals surface area contributed by atoms with E-state index in [0.29, 0.717) is 11.5 Å². The number of hydrogen-bond donors (Lipinski definition) is 0. The molecule has 7 aromatic carbocycles. The number of para-hydroxylation sites is 3. The Labute approximate surface area is 448 Å². The fourth-order valence-electron chi connectivity index (χ4n) is 11.5. The Morgan fingerprint density at radius 3 is 1.67 bits per heavy atom. The van der Waals surface area contributed by atoms with E-state index in [4.69, 9.17) is 19.7 Å². The van der Waals surface area contributed by atoms with E-state index in [9.17, 15) is 0 Å². The molecule has 0 fully saturated rings. The zero-order valence-electron chi connectivity index (χ0n) is 42.7. The second-order valence-corrected chi connectivity index (χ2v) is 22.7. The maximum absolute atomic E-state index is 7.09. The first kappa shape index (κ1) is 46.5. The standard InChI is InChI=1S/C67H54N6O.Pt/c1-65(2,3)46-30-35-70-63(38-46)73-59-25-14-13-24-55(59)67(57-41-68-33-31-51(57)52-32-34-69-42-58(52)67)56-29-28-50(40-62(56)73)74-49-23-17-22-48(39-49)71-43-72(61-27-16-15-26-60(61)71)64-53(44-18-9-7-10-19-44)36-47(66(4,5)6)37-54(64)45-20-11-8-12-21-45;/h7-42H,1-6H3;. The van der Waals surface area contributed by atoms with Gasteiger partial charge in [0.25, 0.3) is 0 Å². The Bertz CT molecular complexity index is 4000. The molecule has 13 rings (SSSR count). The van der Waals surface area contributed by atoms with E-state index in [2.05, 4.69) is 257 Å². The van der Waals surface area contributed by atoms with Crippen LogP contribution in [0.2, 0.25) is 0 Å². The molecule has 1 aliphatic heterocycles. The number of aromatic nitrogens is 5. The molecule has 0 bridgehead atoms. The Kier molecular flexibility index (Phi) is 11.0. The predicted molar refractivity (Wildman–Crippen MR) is 300 cm³/mol. The molecule has 2 aliphatic rings. The zero-order chi connectivity index (χ0) is 51.2. The third-order valence-corrected chi connectivity index (χ3v) is 16.1. The molecule has 0 atom stereocenters. The van der Waals surface area contributed by atoms with Crippen LogP contribution in [0.1, 0.15) is 74.9 Å². The monoisotopic (exact) mass is 1150 g/mol. The normalized spacial score (nSPS) is 13.4. The van der Waals surface area contributed by atoms with Crippen LogP contribution in [0.15, 0.2) is 219 Å². The van der Waals surface area contributed by atoms with E-state index >= 15 is 0 Å². The second-order valence-electron chi connectivity index (χ2n) is 21.7. The summed E-state index contributed by atoms with van der Waals surface area (Å²) in [7, 11) is 0. The molecule has 75 heavy (non-hydrogen) atoms. The van der Waals surface area contributed by atoms with Gasteiger partial charge in [-0.2, -0.15) is 0 Å². The van der Waals surface area contributed by atoms with E-state index in [1.54, 1.807) is 0 Å². The van der Waals surface area contributed by atoms with Crippen molar-refractivity contribution in [2.75, 3.05) is 4.90 Å². The Morgan fingerprint density at radius 2 is 1.03 bits per heavy atom. The maximum atomic E-state index is 7.09. The molecule has 0 radical (unpaired) electrons. The van der Waals surface area contributed by atoms with Crippen LogP contribution < -0.4 is 9.64 Å². The van der Waals surface area contributed by atoms with Gasteiger partial charge in [0.15, 0.2) is 0 Å². The van der Waals surface area contributed by atoms with Crippen molar-refractivity contribution in [1.29, 1.82) is 0 Å². The van der Waals surface area contributed by atoms with Crippen molar-refractivity contribution < 1.29 is 24.1 Å². The van der Waals surface area contributed by atoms with E-state index < -0.39 is 5.41 Å². The van der Waals surface area contributed by atoms with E-state index in [1.807, 2.05) is 37.1 Å². The zero-order valence-corrected chi connectivity index (χ0v) is 45.0. The minimum absolute atomic E-state index is 0.0865. The van der Waals surface area contributed by atoms with Gasteiger partial charge in [0, 0.05) is 31.0 Å². The summed E-state index contributed by atoms with van der Waals surface area (Å²) < 4.78 is 12.9. The number of anilines is 3. The molecule has 4 aromatic heterocycles. The van der Waals surface area contributed by atoms with Crippen LogP contribution in [-0.2, 0) is 35.6 Å². The summed E-state index contributed by atoms with van der Waals surface area (Å²) in [5.74, 6) is 2.25. The summed E-state index contributed by atoms with van der Waals surface area (Å²) in [6.07, 6.45) is 9.80. The molecular formula is C67H54N6OPt. The average Bonchev–Trinajstić information content (AvgIpc) is 4.15. The fourth-order valence-corrected chi connectivity index (χ4v) is 12.6. The van der Waals surface area contributed by atoms with Gasteiger partial charge in [-0.25, -0.2) is 0 Å². The van der Waals surface area contributed by atoms with E-state index in [1.165, 1.54) is 22.3 Å². The van der Waals surface area contributed by atoms with Gasteiger partial charge in [-0.15, -0.1) is 0 Å². The molecule has 11 aromatic rings. The Balaban J connectivity index is 0.986. The number of rotatable bonds is 7. The molecular weight excluding hydrogens is 1100 g/mol. The second kappa shape index (κ2) is 17.7. The molecule has 0 saturated heterocycles. The molecule has 0 saturated carbocycles.